The Bertz CT molecular complexity index is 792. The minimum Gasteiger partial charge on any atom is -0.364 e. The molecule has 0 saturated heterocycles. The fourth-order valence-corrected chi connectivity index (χ4v) is 2.66. The van der Waals surface area contributed by atoms with Gasteiger partial charge >= 0.3 is 0 Å². The second kappa shape index (κ2) is 7.19. The third-order valence-electron chi connectivity index (χ3n) is 3.23. The summed E-state index contributed by atoms with van der Waals surface area (Å²) in [4.78, 5) is 12.8. The molecule has 2 N–H and O–H groups in total. The van der Waals surface area contributed by atoms with Gasteiger partial charge in [-0.25, -0.2) is 9.97 Å². The predicted molar refractivity (Wildman–Crippen MR) is 95.8 cm³/mol. The van der Waals surface area contributed by atoms with Crippen LogP contribution in [0.2, 0.25) is 0 Å². The van der Waals surface area contributed by atoms with E-state index >= 15 is 0 Å². The van der Waals surface area contributed by atoms with Crippen LogP contribution in [0.15, 0.2) is 59.5 Å². The van der Waals surface area contributed by atoms with Crippen LogP contribution in [0.1, 0.15) is 11.3 Å². The summed E-state index contributed by atoms with van der Waals surface area (Å²) in [7, 11) is 0. The molecule has 0 bridgehead atoms. The zero-order chi connectivity index (χ0) is 16.1. The van der Waals surface area contributed by atoms with Crippen molar-refractivity contribution in [2.24, 2.45) is 0 Å². The summed E-state index contributed by atoms with van der Waals surface area (Å²) in [5, 5.41) is 6.53. The van der Waals surface area contributed by atoms with Gasteiger partial charge in [0.2, 0.25) is 0 Å². The molecule has 0 fully saturated rings. The van der Waals surface area contributed by atoms with Gasteiger partial charge in [0.05, 0.1) is 17.9 Å². The lowest BCUT2D eigenvalue weighted by Gasteiger charge is -2.10. The first-order chi connectivity index (χ1) is 11.2. The van der Waals surface area contributed by atoms with Crippen molar-refractivity contribution in [2.45, 2.75) is 13.5 Å². The molecule has 116 valence electrons. The van der Waals surface area contributed by atoms with Crippen LogP contribution in [0, 0.1) is 6.92 Å². The molecule has 0 spiro atoms. The van der Waals surface area contributed by atoms with E-state index in [1.165, 1.54) is 11.9 Å². The predicted octanol–water partition coefficient (Wildman–Crippen LogP) is 4.30. The molecule has 5 nitrogen and oxygen atoms in total. The highest BCUT2D eigenvalue weighted by atomic mass is 79.9. The molecular formula is C17H16BrN5. The molecule has 23 heavy (non-hydrogen) atoms. The van der Waals surface area contributed by atoms with Gasteiger partial charge in [-0.2, -0.15) is 0 Å². The van der Waals surface area contributed by atoms with Crippen molar-refractivity contribution in [3.63, 3.8) is 0 Å². The average Bonchev–Trinajstić information content (AvgIpc) is 2.57. The van der Waals surface area contributed by atoms with Crippen LogP contribution in [-0.2, 0) is 6.54 Å². The topological polar surface area (TPSA) is 62.7 Å². The van der Waals surface area contributed by atoms with Crippen LogP contribution in [-0.4, -0.2) is 15.0 Å². The lowest BCUT2D eigenvalue weighted by atomic mass is 10.2. The summed E-state index contributed by atoms with van der Waals surface area (Å²) in [5.74, 6) is 1.48. The standard InChI is InChI=1S/C17H16BrN5/c1-12-5-6-15(14(18)8-12)23-17-9-16(21-11-22-17)20-10-13-4-2-3-7-19-13/h2-9,11H,10H2,1H3,(H2,20,21,22,23). The molecule has 0 aliphatic rings. The first-order valence-electron chi connectivity index (χ1n) is 7.20. The van der Waals surface area contributed by atoms with Crippen molar-refractivity contribution < 1.29 is 0 Å². The lowest BCUT2D eigenvalue weighted by molar-refractivity contribution is 1.02. The number of nitrogens with zero attached hydrogens (tertiary/aromatic N) is 3. The quantitative estimate of drug-likeness (QED) is 0.701. The smallest absolute Gasteiger partial charge is 0.135 e. The summed E-state index contributed by atoms with van der Waals surface area (Å²) >= 11 is 3.55. The molecule has 6 heteroatoms. The van der Waals surface area contributed by atoms with Crippen LogP contribution in [0.3, 0.4) is 0 Å². The zero-order valence-electron chi connectivity index (χ0n) is 12.6. The van der Waals surface area contributed by atoms with Gasteiger partial charge in [0.25, 0.3) is 0 Å². The molecule has 0 atom stereocenters. The summed E-state index contributed by atoms with van der Waals surface area (Å²) in [6.07, 6.45) is 3.31. The molecule has 0 aliphatic heterocycles. The largest absolute Gasteiger partial charge is 0.364 e. The highest BCUT2D eigenvalue weighted by Gasteiger charge is 2.03. The van der Waals surface area contributed by atoms with Crippen LogP contribution >= 0.6 is 15.9 Å². The van der Waals surface area contributed by atoms with E-state index in [0.717, 1.165) is 27.5 Å². The normalized spacial score (nSPS) is 10.3. The Labute approximate surface area is 143 Å². The van der Waals surface area contributed by atoms with Gasteiger partial charge < -0.3 is 10.6 Å². The fourth-order valence-electron chi connectivity index (χ4n) is 2.07. The Balaban J connectivity index is 1.69. The van der Waals surface area contributed by atoms with E-state index in [4.69, 9.17) is 0 Å². The Morgan fingerprint density at radius 3 is 2.65 bits per heavy atom. The van der Waals surface area contributed by atoms with Gasteiger partial charge in [-0.1, -0.05) is 12.1 Å². The van der Waals surface area contributed by atoms with Gasteiger partial charge in [0.1, 0.15) is 18.0 Å². The molecule has 2 heterocycles. The molecule has 0 radical (unpaired) electrons. The van der Waals surface area contributed by atoms with E-state index in [0.29, 0.717) is 6.54 Å². The van der Waals surface area contributed by atoms with Crippen molar-refractivity contribution in [1.82, 2.24) is 15.0 Å². The molecule has 1 aromatic carbocycles. The SMILES string of the molecule is Cc1ccc(Nc2cc(NCc3ccccn3)ncn2)c(Br)c1. The van der Waals surface area contributed by atoms with Crippen molar-refractivity contribution in [3.8, 4) is 0 Å². The molecule has 0 saturated carbocycles. The maximum absolute atomic E-state index is 4.28. The third-order valence-corrected chi connectivity index (χ3v) is 3.89. The minimum atomic E-state index is 0.617. The van der Waals surface area contributed by atoms with E-state index in [9.17, 15) is 0 Å². The summed E-state index contributed by atoms with van der Waals surface area (Å²) in [6, 6.07) is 13.8. The number of nitrogens with one attached hydrogen (secondary N) is 2. The molecule has 3 rings (SSSR count). The maximum Gasteiger partial charge on any atom is 0.135 e. The third kappa shape index (κ3) is 4.26. The number of benzene rings is 1. The van der Waals surface area contributed by atoms with E-state index in [1.54, 1.807) is 6.20 Å². The van der Waals surface area contributed by atoms with Crippen molar-refractivity contribution >= 4 is 33.3 Å². The summed E-state index contributed by atoms with van der Waals surface area (Å²) in [5.41, 5.74) is 3.12. The van der Waals surface area contributed by atoms with E-state index in [1.807, 2.05) is 30.3 Å². The molecule has 0 unspecified atom stereocenters. The van der Waals surface area contributed by atoms with Crippen molar-refractivity contribution in [1.29, 1.82) is 0 Å². The summed E-state index contributed by atoms with van der Waals surface area (Å²) in [6.45, 7) is 2.67. The first-order valence-corrected chi connectivity index (χ1v) is 7.99. The highest BCUT2D eigenvalue weighted by Crippen LogP contribution is 2.26. The molecule has 3 aromatic rings. The Morgan fingerprint density at radius 1 is 1.00 bits per heavy atom. The molecule has 0 aliphatic carbocycles. The number of anilines is 3. The van der Waals surface area contributed by atoms with Crippen LogP contribution in [0.4, 0.5) is 17.3 Å². The van der Waals surface area contributed by atoms with Gasteiger partial charge in [-0.15, -0.1) is 0 Å². The van der Waals surface area contributed by atoms with Crippen LogP contribution < -0.4 is 10.6 Å². The fraction of sp³-hybridized carbons (Fsp3) is 0.118. The van der Waals surface area contributed by atoms with Crippen LogP contribution in [0.25, 0.3) is 0 Å². The first kappa shape index (κ1) is 15.4. The minimum absolute atomic E-state index is 0.617. The van der Waals surface area contributed by atoms with Crippen molar-refractivity contribution in [3.05, 3.63) is 70.7 Å². The highest BCUT2D eigenvalue weighted by molar-refractivity contribution is 9.10. The molecule has 0 amide bonds. The Kier molecular flexibility index (Phi) is 4.83. The van der Waals surface area contributed by atoms with Gasteiger partial charge in [0.15, 0.2) is 0 Å². The van der Waals surface area contributed by atoms with Gasteiger partial charge in [0, 0.05) is 16.7 Å². The van der Waals surface area contributed by atoms with Gasteiger partial charge in [-0.05, 0) is 52.7 Å². The molecular weight excluding hydrogens is 354 g/mol. The number of halogens is 1. The number of aryl methyl sites for hydroxylation is 1. The van der Waals surface area contributed by atoms with E-state index in [2.05, 4.69) is 60.6 Å². The van der Waals surface area contributed by atoms with Gasteiger partial charge in [-0.3, -0.25) is 4.98 Å². The Hall–Kier alpha value is -2.47. The monoisotopic (exact) mass is 369 g/mol. The Morgan fingerprint density at radius 2 is 1.87 bits per heavy atom. The average molecular weight is 370 g/mol. The second-order valence-corrected chi connectivity index (χ2v) is 5.93. The zero-order valence-corrected chi connectivity index (χ0v) is 14.2. The summed E-state index contributed by atoms with van der Waals surface area (Å²) < 4.78 is 0.999. The number of hydrogen-bond acceptors (Lipinski definition) is 5. The van der Waals surface area contributed by atoms with E-state index in [-0.39, 0.29) is 0 Å². The lowest BCUT2D eigenvalue weighted by Crippen LogP contribution is -2.04. The van der Waals surface area contributed by atoms with Crippen molar-refractivity contribution in [2.75, 3.05) is 10.6 Å². The number of hydrogen-bond donors (Lipinski definition) is 2. The second-order valence-electron chi connectivity index (χ2n) is 5.07. The van der Waals surface area contributed by atoms with E-state index < -0.39 is 0 Å². The number of pyridine rings is 1. The number of rotatable bonds is 5. The van der Waals surface area contributed by atoms with Crippen LogP contribution in [0.5, 0.6) is 0 Å². The number of aromatic nitrogens is 3. The maximum atomic E-state index is 4.28. The molecule has 2 aromatic heterocycles.